The lowest BCUT2D eigenvalue weighted by Crippen LogP contribution is -2.29. The quantitative estimate of drug-likeness (QED) is 0.154. The standard InChI is InChI=1S/C71H57NS/c1-69(2,3)54-33-37-56(38-34-54)71(57-39-35-55(36-40-57)70(4,5)6)61-19-11-9-17-59(61)67-62(71)20-13-21-63(67)72(64-22-14-24-66-68(64)60-18-10-12-23-65(60)73-66)58-41-31-47(32-42-58)49-27-28-52-45-53(30-29-51(52)44-49)50-26-25-46-15-7-8-16-48(46)43-50/h7-45H,1-6H3. The molecule has 1 nitrogen and oxygen atoms in total. The van der Waals surface area contributed by atoms with Crippen molar-refractivity contribution in [3.63, 3.8) is 0 Å². The second-order valence-corrected chi connectivity index (χ2v) is 23.2. The molecule has 352 valence electrons. The largest absolute Gasteiger partial charge is 0.309 e. The number of nitrogens with zero attached hydrogens (tertiary/aromatic N) is 1. The molecule has 0 unspecified atom stereocenters. The van der Waals surface area contributed by atoms with Gasteiger partial charge in [-0.15, -0.1) is 11.3 Å². The van der Waals surface area contributed by atoms with Crippen molar-refractivity contribution < 1.29 is 0 Å². The summed E-state index contributed by atoms with van der Waals surface area (Å²) < 4.78 is 2.57. The molecule has 1 heterocycles. The molecule has 0 amide bonds. The van der Waals surface area contributed by atoms with Crippen molar-refractivity contribution in [2.45, 2.75) is 57.8 Å². The summed E-state index contributed by atoms with van der Waals surface area (Å²) in [5.74, 6) is 0. The predicted molar refractivity (Wildman–Crippen MR) is 315 cm³/mol. The van der Waals surface area contributed by atoms with Crippen LogP contribution < -0.4 is 4.90 Å². The number of hydrogen-bond donors (Lipinski definition) is 0. The molecule has 0 saturated carbocycles. The Morgan fingerprint density at radius 2 is 0.849 bits per heavy atom. The molecule has 0 spiro atoms. The van der Waals surface area contributed by atoms with Gasteiger partial charge < -0.3 is 4.90 Å². The molecule has 1 aliphatic rings. The Morgan fingerprint density at radius 3 is 1.49 bits per heavy atom. The zero-order valence-corrected chi connectivity index (χ0v) is 43.2. The summed E-state index contributed by atoms with van der Waals surface area (Å²) >= 11 is 1.87. The average Bonchev–Trinajstić information content (AvgIpc) is 3.95. The van der Waals surface area contributed by atoms with Gasteiger partial charge in [-0.25, -0.2) is 0 Å². The predicted octanol–water partition coefficient (Wildman–Crippen LogP) is 20.1. The Morgan fingerprint density at radius 1 is 0.370 bits per heavy atom. The lowest BCUT2D eigenvalue weighted by molar-refractivity contribution is 0.588. The van der Waals surface area contributed by atoms with Crippen molar-refractivity contribution >= 4 is 70.1 Å². The molecule has 12 aromatic rings. The Kier molecular flexibility index (Phi) is 10.5. The van der Waals surface area contributed by atoms with Crippen LogP contribution in [0.15, 0.2) is 237 Å². The maximum atomic E-state index is 2.55. The van der Waals surface area contributed by atoms with Crippen molar-refractivity contribution in [1.82, 2.24) is 0 Å². The summed E-state index contributed by atoms with van der Waals surface area (Å²) in [6, 6.07) is 89.5. The lowest BCUT2D eigenvalue weighted by Gasteiger charge is -2.35. The van der Waals surface area contributed by atoms with Gasteiger partial charge in [0.1, 0.15) is 0 Å². The van der Waals surface area contributed by atoms with Gasteiger partial charge in [0.2, 0.25) is 0 Å². The highest BCUT2D eigenvalue weighted by molar-refractivity contribution is 7.26. The van der Waals surface area contributed by atoms with E-state index >= 15 is 0 Å². The first-order valence-electron chi connectivity index (χ1n) is 25.7. The molecule has 0 fully saturated rings. The molecule has 0 atom stereocenters. The fourth-order valence-electron chi connectivity index (χ4n) is 11.9. The molecule has 0 saturated heterocycles. The highest BCUT2D eigenvalue weighted by atomic mass is 32.1. The third-order valence-corrected chi connectivity index (χ3v) is 16.8. The zero-order chi connectivity index (χ0) is 49.6. The van der Waals surface area contributed by atoms with Crippen molar-refractivity contribution in [3.05, 3.63) is 270 Å². The van der Waals surface area contributed by atoms with Crippen LogP contribution in [0.4, 0.5) is 17.1 Å². The van der Waals surface area contributed by atoms with Gasteiger partial charge in [0, 0.05) is 31.4 Å². The van der Waals surface area contributed by atoms with Gasteiger partial charge >= 0.3 is 0 Å². The van der Waals surface area contributed by atoms with E-state index < -0.39 is 5.41 Å². The molecule has 0 aliphatic heterocycles. The van der Waals surface area contributed by atoms with Crippen LogP contribution in [-0.2, 0) is 16.2 Å². The molecule has 0 N–H and O–H groups in total. The molecular formula is C71H57NS. The first kappa shape index (κ1) is 44.9. The highest BCUT2D eigenvalue weighted by Crippen LogP contribution is 2.60. The van der Waals surface area contributed by atoms with Crippen LogP contribution >= 0.6 is 11.3 Å². The lowest BCUT2D eigenvalue weighted by atomic mass is 9.67. The number of benzene rings is 11. The second kappa shape index (κ2) is 17.0. The Hall–Kier alpha value is -8.04. The summed E-state index contributed by atoms with van der Waals surface area (Å²) in [5.41, 5.74) is 18.1. The molecule has 1 aliphatic carbocycles. The monoisotopic (exact) mass is 955 g/mol. The van der Waals surface area contributed by atoms with E-state index in [1.165, 1.54) is 114 Å². The smallest absolute Gasteiger partial charge is 0.0714 e. The topological polar surface area (TPSA) is 3.24 Å². The molecule has 1 aromatic heterocycles. The molecule has 13 rings (SSSR count). The van der Waals surface area contributed by atoms with Crippen molar-refractivity contribution in [1.29, 1.82) is 0 Å². The summed E-state index contributed by atoms with van der Waals surface area (Å²) in [7, 11) is 0. The Labute approximate surface area is 433 Å². The first-order chi connectivity index (χ1) is 35.4. The van der Waals surface area contributed by atoms with Crippen LogP contribution in [0.3, 0.4) is 0 Å². The molecule has 2 heteroatoms. The molecule has 73 heavy (non-hydrogen) atoms. The fourth-order valence-corrected chi connectivity index (χ4v) is 13.0. The fraction of sp³-hybridized carbons (Fsp3) is 0.127. The van der Waals surface area contributed by atoms with E-state index in [-0.39, 0.29) is 10.8 Å². The first-order valence-corrected chi connectivity index (χ1v) is 26.5. The van der Waals surface area contributed by atoms with Crippen LogP contribution in [0, 0.1) is 0 Å². The van der Waals surface area contributed by atoms with Gasteiger partial charge in [0.15, 0.2) is 0 Å². The third kappa shape index (κ3) is 7.42. The number of fused-ring (bicyclic) bond motifs is 8. The van der Waals surface area contributed by atoms with E-state index in [1.54, 1.807) is 0 Å². The van der Waals surface area contributed by atoms with Crippen LogP contribution in [0.25, 0.3) is 75.1 Å². The van der Waals surface area contributed by atoms with Gasteiger partial charge in [0.05, 0.1) is 16.8 Å². The number of hydrogen-bond acceptors (Lipinski definition) is 2. The second-order valence-electron chi connectivity index (χ2n) is 22.1. The van der Waals surface area contributed by atoms with Gasteiger partial charge in [-0.05, 0) is 148 Å². The normalized spacial score (nSPS) is 13.2. The maximum absolute atomic E-state index is 2.55. The van der Waals surface area contributed by atoms with Crippen molar-refractivity contribution in [3.8, 4) is 33.4 Å². The number of thiophene rings is 1. The van der Waals surface area contributed by atoms with E-state index in [4.69, 9.17) is 0 Å². The van der Waals surface area contributed by atoms with Gasteiger partial charge in [-0.3, -0.25) is 0 Å². The Balaban J connectivity index is 0.990. The molecular weight excluding hydrogens is 899 g/mol. The Bertz CT molecular complexity index is 4030. The van der Waals surface area contributed by atoms with Crippen LogP contribution in [-0.4, -0.2) is 0 Å². The summed E-state index contributed by atoms with van der Waals surface area (Å²) in [5, 5.41) is 7.54. The minimum atomic E-state index is -0.572. The van der Waals surface area contributed by atoms with E-state index in [2.05, 4.69) is 283 Å². The number of anilines is 3. The highest BCUT2D eigenvalue weighted by Gasteiger charge is 2.47. The third-order valence-electron chi connectivity index (χ3n) is 15.7. The van der Waals surface area contributed by atoms with Crippen molar-refractivity contribution in [2.75, 3.05) is 4.90 Å². The zero-order valence-electron chi connectivity index (χ0n) is 42.4. The van der Waals surface area contributed by atoms with E-state index in [9.17, 15) is 0 Å². The SMILES string of the molecule is CC(C)(C)c1ccc(C2(c3ccc(C(C)(C)C)cc3)c3ccccc3-c3c(N(c4ccc(-c5ccc6cc(-c7ccc8ccccc8c7)ccc6c5)cc4)c4cccc5sc6ccccc6c45)cccc32)cc1. The van der Waals surface area contributed by atoms with Crippen LogP contribution in [0.1, 0.15) is 74.9 Å². The van der Waals surface area contributed by atoms with E-state index in [1.807, 2.05) is 11.3 Å². The molecule has 0 radical (unpaired) electrons. The van der Waals surface area contributed by atoms with Gasteiger partial charge in [-0.1, -0.05) is 224 Å². The van der Waals surface area contributed by atoms with E-state index in [0.717, 1.165) is 11.4 Å². The van der Waals surface area contributed by atoms with Crippen LogP contribution in [0.2, 0.25) is 0 Å². The average molecular weight is 956 g/mol. The summed E-state index contributed by atoms with van der Waals surface area (Å²) in [4.78, 5) is 2.55. The molecule has 0 bridgehead atoms. The summed E-state index contributed by atoms with van der Waals surface area (Å²) in [6.45, 7) is 13.8. The number of rotatable bonds is 7. The maximum Gasteiger partial charge on any atom is 0.0714 e. The minimum absolute atomic E-state index is 0.0267. The van der Waals surface area contributed by atoms with Gasteiger partial charge in [-0.2, -0.15) is 0 Å². The van der Waals surface area contributed by atoms with Crippen molar-refractivity contribution in [2.24, 2.45) is 0 Å². The van der Waals surface area contributed by atoms with E-state index in [0.29, 0.717) is 0 Å². The molecule has 11 aromatic carbocycles. The van der Waals surface area contributed by atoms with Gasteiger partial charge in [0.25, 0.3) is 0 Å². The summed E-state index contributed by atoms with van der Waals surface area (Å²) in [6.07, 6.45) is 0. The van der Waals surface area contributed by atoms with Crippen LogP contribution in [0.5, 0.6) is 0 Å². The minimum Gasteiger partial charge on any atom is -0.309 e.